The standard InChI is InChI=1S/C10H9FN4O/c11-7-1-2-8(13-5-7)9-14-10(16-15-9)6-3-12-4-6/h1-2,5-6,12H,3-4H2. The van der Waals surface area contributed by atoms with E-state index in [0.29, 0.717) is 23.3 Å². The van der Waals surface area contributed by atoms with Gasteiger partial charge in [0.15, 0.2) is 0 Å². The van der Waals surface area contributed by atoms with Gasteiger partial charge in [0.1, 0.15) is 11.5 Å². The third-order valence-electron chi connectivity index (χ3n) is 2.53. The zero-order valence-corrected chi connectivity index (χ0v) is 8.35. The van der Waals surface area contributed by atoms with Gasteiger partial charge < -0.3 is 9.84 Å². The van der Waals surface area contributed by atoms with Crippen molar-refractivity contribution in [2.45, 2.75) is 5.92 Å². The van der Waals surface area contributed by atoms with Crippen LogP contribution in [-0.2, 0) is 0 Å². The van der Waals surface area contributed by atoms with Crippen LogP contribution in [0, 0.1) is 5.82 Å². The highest BCUT2D eigenvalue weighted by Crippen LogP contribution is 2.20. The molecule has 1 aliphatic rings. The number of halogens is 1. The van der Waals surface area contributed by atoms with Gasteiger partial charge in [-0.3, -0.25) is 0 Å². The van der Waals surface area contributed by atoms with E-state index in [1.54, 1.807) is 0 Å². The Morgan fingerprint density at radius 3 is 2.88 bits per heavy atom. The molecule has 1 N–H and O–H groups in total. The summed E-state index contributed by atoms with van der Waals surface area (Å²) in [6.07, 6.45) is 1.14. The first-order chi connectivity index (χ1) is 7.83. The Labute approximate surface area is 90.7 Å². The zero-order valence-electron chi connectivity index (χ0n) is 8.35. The van der Waals surface area contributed by atoms with Crippen LogP contribution in [0.25, 0.3) is 11.5 Å². The summed E-state index contributed by atoms with van der Waals surface area (Å²) in [5.74, 6) is 0.930. The Morgan fingerprint density at radius 1 is 1.38 bits per heavy atom. The Bertz CT molecular complexity index is 492. The number of rotatable bonds is 2. The fraction of sp³-hybridized carbons (Fsp3) is 0.300. The van der Waals surface area contributed by atoms with E-state index in [9.17, 15) is 4.39 Å². The topological polar surface area (TPSA) is 63.8 Å². The van der Waals surface area contributed by atoms with Gasteiger partial charge in [-0.05, 0) is 12.1 Å². The van der Waals surface area contributed by atoms with Crippen LogP contribution in [0.15, 0.2) is 22.9 Å². The van der Waals surface area contributed by atoms with Gasteiger partial charge in [-0.2, -0.15) is 4.98 Å². The minimum Gasteiger partial charge on any atom is -0.339 e. The summed E-state index contributed by atoms with van der Waals surface area (Å²) in [6, 6.07) is 2.85. The minimum atomic E-state index is -0.379. The third kappa shape index (κ3) is 1.57. The molecule has 2 aromatic heterocycles. The zero-order chi connectivity index (χ0) is 11.0. The molecule has 0 bridgehead atoms. The minimum absolute atomic E-state index is 0.293. The predicted molar refractivity (Wildman–Crippen MR) is 53.1 cm³/mol. The summed E-state index contributed by atoms with van der Waals surface area (Å²) in [5.41, 5.74) is 0.517. The van der Waals surface area contributed by atoms with Crippen LogP contribution in [0.3, 0.4) is 0 Å². The second kappa shape index (κ2) is 3.64. The Kier molecular flexibility index (Phi) is 2.14. The molecule has 0 aromatic carbocycles. The lowest BCUT2D eigenvalue weighted by molar-refractivity contribution is 0.308. The second-order valence-electron chi connectivity index (χ2n) is 3.67. The Hall–Kier alpha value is -1.82. The molecule has 0 radical (unpaired) electrons. The number of nitrogens with one attached hydrogen (secondary N) is 1. The maximum Gasteiger partial charge on any atom is 0.232 e. The highest BCUT2D eigenvalue weighted by molar-refractivity contribution is 5.47. The highest BCUT2D eigenvalue weighted by atomic mass is 19.1. The van der Waals surface area contributed by atoms with E-state index >= 15 is 0 Å². The first-order valence-electron chi connectivity index (χ1n) is 4.99. The third-order valence-corrected chi connectivity index (χ3v) is 2.53. The van der Waals surface area contributed by atoms with Crippen molar-refractivity contribution in [2.75, 3.05) is 13.1 Å². The molecule has 82 valence electrons. The van der Waals surface area contributed by atoms with Gasteiger partial charge in [0.05, 0.1) is 12.1 Å². The van der Waals surface area contributed by atoms with E-state index in [-0.39, 0.29) is 5.82 Å². The van der Waals surface area contributed by atoms with Crippen molar-refractivity contribution in [2.24, 2.45) is 0 Å². The van der Waals surface area contributed by atoms with Crippen LogP contribution in [0.4, 0.5) is 4.39 Å². The largest absolute Gasteiger partial charge is 0.339 e. The van der Waals surface area contributed by atoms with E-state index in [1.165, 1.54) is 12.1 Å². The lowest BCUT2D eigenvalue weighted by Crippen LogP contribution is -2.40. The summed E-state index contributed by atoms with van der Waals surface area (Å²) in [5, 5.41) is 6.94. The van der Waals surface area contributed by atoms with Crippen molar-refractivity contribution in [1.82, 2.24) is 20.4 Å². The summed E-state index contributed by atoms with van der Waals surface area (Å²) in [7, 11) is 0. The molecule has 1 aliphatic heterocycles. The molecule has 0 atom stereocenters. The van der Waals surface area contributed by atoms with E-state index < -0.39 is 0 Å². The van der Waals surface area contributed by atoms with E-state index in [2.05, 4.69) is 20.4 Å². The van der Waals surface area contributed by atoms with Crippen LogP contribution in [-0.4, -0.2) is 28.2 Å². The van der Waals surface area contributed by atoms with Gasteiger partial charge in [-0.1, -0.05) is 5.16 Å². The predicted octanol–water partition coefficient (Wildman–Crippen LogP) is 0.957. The molecule has 0 unspecified atom stereocenters. The van der Waals surface area contributed by atoms with Crippen LogP contribution < -0.4 is 5.32 Å². The molecule has 1 saturated heterocycles. The van der Waals surface area contributed by atoms with Crippen molar-refractivity contribution in [3.63, 3.8) is 0 Å². The fourth-order valence-corrected chi connectivity index (χ4v) is 1.48. The molecule has 5 nitrogen and oxygen atoms in total. The summed E-state index contributed by atoms with van der Waals surface area (Å²) in [6.45, 7) is 1.72. The van der Waals surface area contributed by atoms with Crippen LogP contribution in [0.1, 0.15) is 11.8 Å². The monoisotopic (exact) mass is 220 g/mol. The van der Waals surface area contributed by atoms with Crippen LogP contribution in [0.5, 0.6) is 0 Å². The number of hydrogen-bond acceptors (Lipinski definition) is 5. The Balaban J connectivity index is 1.88. The average molecular weight is 220 g/mol. The highest BCUT2D eigenvalue weighted by Gasteiger charge is 2.25. The fourth-order valence-electron chi connectivity index (χ4n) is 1.48. The molecule has 0 saturated carbocycles. The van der Waals surface area contributed by atoms with Gasteiger partial charge >= 0.3 is 0 Å². The number of aromatic nitrogens is 3. The lowest BCUT2D eigenvalue weighted by atomic mass is 10.0. The van der Waals surface area contributed by atoms with Crippen molar-refractivity contribution in [3.05, 3.63) is 30.0 Å². The molecule has 1 fully saturated rings. The van der Waals surface area contributed by atoms with E-state index in [1.807, 2.05) is 0 Å². The van der Waals surface area contributed by atoms with Crippen molar-refractivity contribution < 1.29 is 8.91 Å². The molecular weight excluding hydrogens is 211 g/mol. The normalized spacial score (nSPS) is 16.1. The molecule has 3 rings (SSSR count). The molecule has 2 aromatic rings. The molecule has 0 aliphatic carbocycles. The molecule has 6 heteroatoms. The number of nitrogens with zero attached hydrogens (tertiary/aromatic N) is 3. The maximum atomic E-state index is 12.7. The molecule has 16 heavy (non-hydrogen) atoms. The Morgan fingerprint density at radius 2 is 2.25 bits per heavy atom. The van der Waals surface area contributed by atoms with Gasteiger partial charge in [0.25, 0.3) is 0 Å². The first-order valence-corrected chi connectivity index (χ1v) is 4.99. The van der Waals surface area contributed by atoms with Crippen molar-refractivity contribution in [3.8, 4) is 11.5 Å². The average Bonchev–Trinajstić information content (AvgIpc) is 2.65. The van der Waals surface area contributed by atoms with Crippen LogP contribution >= 0.6 is 0 Å². The van der Waals surface area contributed by atoms with E-state index in [0.717, 1.165) is 19.3 Å². The first kappa shape index (κ1) is 9.41. The number of hydrogen-bond donors (Lipinski definition) is 1. The molecule has 0 amide bonds. The quantitative estimate of drug-likeness (QED) is 0.816. The molecule has 0 spiro atoms. The van der Waals surface area contributed by atoms with Gasteiger partial charge in [-0.15, -0.1) is 0 Å². The SMILES string of the molecule is Fc1ccc(-c2noc(C3CNC3)n2)nc1. The second-order valence-corrected chi connectivity index (χ2v) is 3.67. The maximum absolute atomic E-state index is 12.7. The summed E-state index contributed by atoms with van der Waals surface area (Å²) in [4.78, 5) is 8.12. The summed E-state index contributed by atoms with van der Waals surface area (Å²) < 4.78 is 17.8. The van der Waals surface area contributed by atoms with Crippen molar-refractivity contribution in [1.29, 1.82) is 0 Å². The van der Waals surface area contributed by atoms with Crippen molar-refractivity contribution >= 4 is 0 Å². The summed E-state index contributed by atoms with van der Waals surface area (Å²) >= 11 is 0. The molecular formula is C10H9FN4O. The van der Waals surface area contributed by atoms with E-state index in [4.69, 9.17) is 4.52 Å². The molecule has 3 heterocycles. The van der Waals surface area contributed by atoms with Crippen LogP contribution in [0.2, 0.25) is 0 Å². The lowest BCUT2D eigenvalue weighted by Gasteiger charge is -2.22. The number of pyridine rings is 1. The van der Waals surface area contributed by atoms with Gasteiger partial charge in [-0.25, -0.2) is 9.37 Å². The smallest absolute Gasteiger partial charge is 0.232 e. The van der Waals surface area contributed by atoms with Gasteiger partial charge in [0, 0.05) is 13.1 Å². The van der Waals surface area contributed by atoms with Gasteiger partial charge in [0.2, 0.25) is 11.7 Å².